The monoisotopic (exact) mass is 279 g/mol. The largest absolute Gasteiger partial charge is 0.296 e. The Labute approximate surface area is 122 Å². The summed E-state index contributed by atoms with van der Waals surface area (Å²) in [5.41, 5.74) is 4.34. The van der Waals surface area contributed by atoms with E-state index >= 15 is 0 Å². The second-order valence-electron chi connectivity index (χ2n) is 5.91. The van der Waals surface area contributed by atoms with Gasteiger partial charge in [0, 0.05) is 31.2 Å². The lowest BCUT2D eigenvalue weighted by Gasteiger charge is -2.46. The molecule has 1 fully saturated rings. The van der Waals surface area contributed by atoms with Gasteiger partial charge in [-0.25, -0.2) is 0 Å². The molecule has 0 saturated carbocycles. The number of hydrazine groups is 1. The number of rotatable bonds is 7. The number of likely N-dealkylation sites (tertiary alicyclic amines) is 1. The van der Waals surface area contributed by atoms with Crippen LogP contribution < -0.4 is 11.3 Å². The molecule has 0 aliphatic carbocycles. The molecule has 20 heavy (non-hydrogen) atoms. The fourth-order valence-corrected chi connectivity index (χ4v) is 3.76. The van der Waals surface area contributed by atoms with Gasteiger partial charge in [-0.15, -0.1) is 0 Å². The van der Waals surface area contributed by atoms with Crippen LogP contribution in [0.5, 0.6) is 0 Å². The minimum absolute atomic E-state index is 0.142. The summed E-state index contributed by atoms with van der Waals surface area (Å²) in [5, 5.41) is 4.51. The second-order valence-corrected chi connectivity index (χ2v) is 5.91. The molecule has 3 N–H and O–H groups in total. The fourth-order valence-electron chi connectivity index (χ4n) is 3.76. The number of aromatic nitrogens is 2. The molecule has 1 saturated heterocycles. The minimum atomic E-state index is 0.142. The van der Waals surface area contributed by atoms with Gasteiger partial charge in [-0.05, 0) is 44.8 Å². The molecular formula is C15H29N5. The Morgan fingerprint density at radius 3 is 2.45 bits per heavy atom. The van der Waals surface area contributed by atoms with E-state index in [1.165, 1.54) is 25.9 Å². The highest BCUT2D eigenvalue weighted by molar-refractivity contribution is 5.08. The molecule has 0 aromatic carbocycles. The highest BCUT2D eigenvalue weighted by Crippen LogP contribution is 2.32. The van der Waals surface area contributed by atoms with Crippen LogP contribution in [0, 0.1) is 0 Å². The minimum Gasteiger partial charge on any atom is -0.296 e. The summed E-state index contributed by atoms with van der Waals surface area (Å²) in [6, 6.07) is 2.33. The van der Waals surface area contributed by atoms with Gasteiger partial charge in [0.15, 0.2) is 0 Å². The van der Waals surface area contributed by atoms with Crippen molar-refractivity contribution in [3.63, 3.8) is 0 Å². The lowest BCUT2D eigenvalue weighted by atomic mass is 9.81. The van der Waals surface area contributed by atoms with Crippen molar-refractivity contribution < 1.29 is 0 Å². The SMILES string of the molecule is CCC(CC)(C(Cc1ccn(C)n1)NN)N1CCCC1. The Balaban J connectivity index is 2.19. The van der Waals surface area contributed by atoms with E-state index in [2.05, 4.69) is 35.3 Å². The van der Waals surface area contributed by atoms with E-state index in [9.17, 15) is 0 Å². The van der Waals surface area contributed by atoms with Gasteiger partial charge < -0.3 is 0 Å². The van der Waals surface area contributed by atoms with Gasteiger partial charge in [-0.3, -0.25) is 20.9 Å². The van der Waals surface area contributed by atoms with E-state index in [1.54, 1.807) is 0 Å². The van der Waals surface area contributed by atoms with Crippen LogP contribution in [0.4, 0.5) is 0 Å². The predicted molar refractivity (Wildman–Crippen MR) is 82.1 cm³/mol. The summed E-state index contributed by atoms with van der Waals surface area (Å²) < 4.78 is 1.86. The summed E-state index contributed by atoms with van der Waals surface area (Å²) in [6.07, 6.45) is 7.73. The highest BCUT2D eigenvalue weighted by Gasteiger charge is 2.41. The van der Waals surface area contributed by atoms with Crippen molar-refractivity contribution in [2.24, 2.45) is 12.9 Å². The van der Waals surface area contributed by atoms with Crippen LogP contribution in [0.1, 0.15) is 45.2 Å². The van der Waals surface area contributed by atoms with Crippen LogP contribution in [0.25, 0.3) is 0 Å². The number of hydrogen-bond donors (Lipinski definition) is 2. The highest BCUT2D eigenvalue weighted by atomic mass is 15.3. The third kappa shape index (κ3) is 2.90. The van der Waals surface area contributed by atoms with E-state index in [-0.39, 0.29) is 11.6 Å². The number of nitrogens with two attached hydrogens (primary N) is 1. The summed E-state index contributed by atoms with van der Waals surface area (Å²) in [7, 11) is 1.96. The Morgan fingerprint density at radius 1 is 1.35 bits per heavy atom. The van der Waals surface area contributed by atoms with Gasteiger partial charge in [0.05, 0.1) is 5.69 Å². The molecule has 0 spiro atoms. The summed E-state index contributed by atoms with van der Waals surface area (Å²) in [5.74, 6) is 5.92. The molecule has 1 atom stereocenters. The molecule has 2 heterocycles. The maximum Gasteiger partial charge on any atom is 0.0641 e. The molecule has 5 heteroatoms. The zero-order chi connectivity index (χ0) is 14.6. The first-order valence-corrected chi connectivity index (χ1v) is 7.86. The molecule has 0 bridgehead atoms. The van der Waals surface area contributed by atoms with Crippen LogP contribution in [0.2, 0.25) is 0 Å². The molecule has 2 rings (SSSR count). The zero-order valence-electron chi connectivity index (χ0n) is 13.1. The van der Waals surface area contributed by atoms with Crippen LogP contribution >= 0.6 is 0 Å². The van der Waals surface area contributed by atoms with Crippen LogP contribution in [0.15, 0.2) is 12.3 Å². The van der Waals surface area contributed by atoms with Crippen molar-refractivity contribution >= 4 is 0 Å². The number of nitrogens with one attached hydrogen (secondary N) is 1. The number of nitrogens with zero attached hydrogens (tertiary/aromatic N) is 3. The molecule has 1 unspecified atom stereocenters. The van der Waals surface area contributed by atoms with Crippen molar-refractivity contribution in [2.75, 3.05) is 13.1 Å². The van der Waals surface area contributed by atoms with Crippen LogP contribution in [-0.4, -0.2) is 39.4 Å². The predicted octanol–water partition coefficient (Wildman–Crippen LogP) is 1.45. The summed E-state index contributed by atoms with van der Waals surface area (Å²) in [4.78, 5) is 2.64. The molecular weight excluding hydrogens is 250 g/mol. The normalized spacial score (nSPS) is 18.6. The summed E-state index contributed by atoms with van der Waals surface area (Å²) >= 11 is 0. The first kappa shape index (κ1) is 15.5. The van der Waals surface area contributed by atoms with Gasteiger partial charge in [0.25, 0.3) is 0 Å². The average Bonchev–Trinajstić information content (AvgIpc) is 3.11. The van der Waals surface area contributed by atoms with Crippen molar-refractivity contribution in [1.29, 1.82) is 0 Å². The quantitative estimate of drug-likeness (QED) is 0.586. The smallest absolute Gasteiger partial charge is 0.0641 e. The van der Waals surface area contributed by atoms with Crippen molar-refractivity contribution in [1.82, 2.24) is 20.1 Å². The second kappa shape index (κ2) is 6.70. The van der Waals surface area contributed by atoms with Gasteiger partial charge in [-0.1, -0.05) is 13.8 Å². The molecule has 0 radical (unpaired) electrons. The number of aryl methyl sites for hydroxylation is 1. The van der Waals surface area contributed by atoms with E-state index in [0.29, 0.717) is 0 Å². The third-order valence-corrected chi connectivity index (χ3v) is 4.99. The summed E-state index contributed by atoms with van der Waals surface area (Å²) in [6.45, 7) is 6.96. The van der Waals surface area contributed by atoms with Crippen LogP contribution in [0.3, 0.4) is 0 Å². The van der Waals surface area contributed by atoms with Gasteiger partial charge in [0.2, 0.25) is 0 Å². The third-order valence-electron chi connectivity index (χ3n) is 4.99. The zero-order valence-corrected chi connectivity index (χ0v) is 13.1. The molecule has 1 aliphatic rings. The van der Waals surface area contributed by atoms with Crippen molar-refractivity contribution in [3.05, 3.63) is 18.0 Å². The standard InChI is InChI=1S/C15H29N5/c1-4-15(5-2,20-9-6-7-10-20)14(17-16)12-13-8-11-19(3)18-13/h8,11,14,17H,4-7,9-10,12,16H2,1-3H3. The molecule has 1 aliphatic heterocycles. The lowest BCUT2D eigenvalue weighted by molar-refractivity contribution is 0.0616. The molecule has 114 valence electrons. The van der Waals surface area contributed by atoms with Gasteiger partial charge in [0.1, 0.15) is 0 Å². The molecule has 5 nitrogen and oxygen atoms in total. The maximum atomic E-state index is 5.92. The fraction of sp³-hybridized carbons (Fsp3) is 0.800. The van der Waals surface area contributed by atoms with Gasteiger partial charge in [-0.2, -0.15) is 5.10 Å². The Bertz CT molecular complexity index is 404. The average molecular weight is 279 g/mol. The van der Waals surface area contributed by atoms with E-state index in [1.807, 2.05) is 17.9 Å². The first-order valence-electron chi connectivity index (χ1n) is 7.86. The Kier molecular flexibility index (Phi) is 5.18. The number of hydrogen-bond acceptors (Lipinski definition) is 4. The van der Waals surface area contributed by atoms with Crippen LogP contribution in [-0.2, 0) is 13.5 Å². The molecule has 1 aromatic rings. The molecule has 1 aromatic heterocycles. The van der Waals surface area contributed by atoms with Crippen molar-refractivity contribution in [3.8, 4) is 0 Å². The topological polar surface area (TPSA) is 59.1 Å². The van der Waals surface area contributed by atoms with E-state index < -0.39 is 0 Å². The molecule has 0 amide bonds. The maximum absolute atomic E-state index is 5.92. The lowest BCUT2D eigenvalue weighted by Crippen LogP contribution is -2.62. The Hall–Kier alpha value is -0.910. The van der Waals surface area contributed by atoms with E-state index in [0.717, 1.165) is 25.0 Å². The Morgan fingerprint density at radius 2 is 2.00 bits per heavy atom. The van der Waals surface area contributed by atoms with Crippen molar-refractivity contribution in [2.45, 2.75) is 57.5 Å². The van der Waals surface area contributed by atoms with Gasteiger partial charge >= 0.3 is 0 Å². The first-order chi connectivity index (χ1) is 9.66. The van der Waals surface area contributed by atoms with E-state index in [4.69, 9.17) is 5.84 Å².